The van der Waals surface area contributed by atoms with Crippen molar-refractivity contribution in [3.05, 3.63) is 82.7 Å². The lowest BCUT2D eigenvalue weighted by molar-refractivity contribution is -0.127. The Hall–Kier alpha value is -4.06. The van der Waals surface area contributed by atoms with E-state index < -0.39 is 29.5 Å². The van der Waals surface area contributed by atoms with Crippen LogP contribution in [0.1, 0.15) is 11.6 Å². The maximum atomic E-state index is 13.7. The van der Waals surface area contributed by atoms with E-state index in [1.165, 1.54) is 17.7 Å². The molecule has 9 nitrogen and oxygen atoms in total. The minimum atomic E-state index is -1.23. The van der Waals surface area contributed by atoms with Crippen LogP contribution in [0.5, 0.6) is 0 Å². The fourth-order valence-electron chi connectivity index (χ4n) is 3.59. The molecule has 0 spiro atoms. The number of fused-ring (bicyclic) bond motifs is 3. The van der Waals surface area contributed by atoms with Crippen LogP contribution >= 0.6 is 11.8 Å². The summed E-state index contributed by atoms with van der Waals surface area (Å²) in [5, 5.41) is 14.0. The van der Waals surface area contributed by atoms with E-state index in [9.17, 15) is 23.2 Å². The topological polar surface area (TPSA) is 110 Å². The Morgan fingerprint density at radius 2 is 1.94 bits per heavy atom. The van der Waals surface area contributed by atoms with Crippen LogP contribution in [0.25, 0.3) is 16.7 Å². The number of allylic oxidation sites excluding steroid dienone is 1. The molecule has 2 N–H and O–H groups in total. The summed E-state index contributed by atoms with van der Waals surface area (Å²) < 4.78 is 30.1. The van der Waals surface area contributed by atoms with Gasteiger partial charge in [-0.25, -0.2) is 8.78 Å². The van der Waals surface area contributed by atoms with Crippen LogP contribution in [0.3, 0.4) is 0 Å². The van der Waals surface area contributed by atoms with Crippen LogP contribution in [0.15, 0.2) is 65.1 Å². The Morgan fingerprint density at radius 1 is 1.17 bits per heavy atom. The quantitative estimate of drug-likeness (QED) is 0.285. The molecule has 12 heteroatoms. The van der Waals surface area contributed by atoms with Crippen molar-refractivity contribution in [2.45, 2.75) is 17.7 Å². The minimum absolute atomic E-state index is 0.0916. The van der Waals surface area contributed by atoms with E-state index in [1.54, 1.807) is 34.7 Å². The van der Waals surface area contributed by atoms with Crippen LogP contribution in [0.2, 0.25) is 0 Å². The van der Waals surface area contributed by atoms with Gasteiger partial charge in [0.25, 0.3) is 5.56 Å². The second-order valence-electron chi connectivity index (χ2n) is 7.42. The molecule has 1 atom stereocenters. The maximum absolute atomic E-state index is 13.7. The van der Waals surface area contributed by atoms with Gasteiger partial charge in [-0.15, -0.1) is 16.8 Å². The number of rotatable bonds is 8. The summed E-state index contributed by atoms with van der Waals surface area (Å²) in [6.45, 7) is 3.90. The predicted molar refractivity (Wildman–Crippen MR) is 127 cm³/mol. The van der Waals surface area contributed by atoms with Gasteiger partial charge in [0.2, 0.25) is 17.6 Å². The zero-order chi connectivity index (χ0) is 25.1. The van der Waals surface area contributed by atoms with Crippen LogP contribution in [-0.2, 0) is 16.1 Å². The summed E-state index contributed by atoms with van der Waals surface area (Å²) in [7, 11) is 1.37. The largest absolute Gasteiger partial charge is 0.357 e. The van der Waals surface area contributed by atoms with E-state index in [0.717, 1.165) is 23.9 Å². The van der Waals surface area contributed by atoms with Gasteiger partial charge < -0.3 is 10.6 Å². The number of nitrogens with zero attached hydrogens (tertiary/aromatic N) is 4. The average molecular weight is 499 g/mol. The standard InChI is InChI=1S/C23H20F2N6O3S/c1-3-10-30-21(34)14-6-4-5-7-17(14)31-22(30)28-29-23(31)35-12-18(32)27-19(20(33)26-2)13-8-9-15(24)16(25)11-13/h3-9,11,19H,1,10,12H2,2H3,(H,26,33)(H,27,32). The van der Waals surface area contributed by atoms with Crippen molar-refractivity contribution in [2.24, 2.45) is 0 Å². The van der Waals surface area contributed by atoms with E-state index in [-0.39, 0.29) is 23.4 Å². The molecule has 0 aliphatic carbocycles. The first-order chi connectivity index (χ1) is 16.8. The van der Waals surface area contributed by atoms with Gasteiger partial charge in [0, 0.05) is 13.6 Å². The molecule has 0 saturated carbocycles. The van der Waals surface area contributed by atoms with Gasteiger partial charge in [-0.3, -0.25) is 23.4 Å². The van der Waals surface area contributed by atoms with Crippen molar-refractivity contribution in [1.82, 2.24) is 29.8 Å². The lowest BCUT2D eigenvalue weighted by atomic mass is 10.1. The molecule has 4 rings (SSSR count). The molecule has 2 aromatic carbocycles. The SMILES string of the molecule is C=CCn1c(=O)c2ccccc2n2c(SCC(=O)NC(C(=O)NC)c3ccc(F)c(F)c3)nnc12. The summed E-state index contributed by atoms with van der Waals surface area (Å²) in [5.74, 6) is -3.20. The lowest BCUT2D eigenvalue weighted by Gasteiger charge is -2.18. The summed E-state index contributed by atoms with van der Waals surface area (Å²) >= 11 is 1.04. The molecule has 2 aromatic heterocycles. The van der Waals surface area contributed by atoms with Gasteiger partial charge in [-0.2, -0.15) is 0 Å². The Labute approximate surface area is 201 Å². The second kappa shape index (κ2) is 10.1. The first-order valence-electron chi connectivity index (χ1n) is 10.4. The normalized spacial score (nSPS) is 12.0. The summed E-state index contributed by atoms with van der Waals surface area (Å²) in [6, 6.07) is 8.71. The average Bonchev–Trinajstić information content (AvgIpc) is 3.29. The molecular formula is C23H20F2N6O3S. The number of likely N-dealkylation sites (N-methyl/N-ethyl adjacent to an activating group) is 1. The number of aromatic nitrogens is 4. The number of thioether (sulfide) groups is 1. The van der Waals surface area contributed by atoms with Crippen LogP contribution < -0.4 is 16.2 Å². The predicted octanol–water partition coefficient (Wildman–Crippen LogP) is 2.20. The highest BCUT2D eigenvalue weighted by Crippen LogP contribution is 2.22. The van der Waals surface area contributed by atoms with Gasteiger partial charge >= 0.3 is 0 Å². The molecular weight excluding hydrogens is 478 g/mol. The zero-order valence-electron chi connectivity index (χ0n) is 18.5. The third-order valence-corrected chi connectivity index (χ3v) is 6.14. The number of halogens is 2. The minimum Gasteiger partial charge on any atom is -0.357 e. The van der Waals surface area contributed by atoms with Crippen LogP contribution in [-0.4, -0.2) is 43.8 Å². The number of carbonyl (C=O) groups is 2. The molecule has 1 unspecified atom stereocenters. The molecule has 2 heterocycles. The number of hydrogen-bond acceptors (Lipinski definition) is 6. The van der Waals surface area contributed by atoms with Crippen molar-refractivity contribution in [3.63, 3.8) is 0 Å². The van der Waals surface area contributed by atoms with Gasteiger partial charge in [0.15, 0.2) is 16.8 Å². The molecule has 0 saturated heterocycles. The number of nitrogens with one attached hydrogen (secondary N) is 2. The third-order valence-electron chi connectivity index (χ3n) is 5.21. The molecule has 0 aliphatic heterocycles. The Bertz CT molecular complexity index is 1520. The third kappa shape index (κ3) is 4.64. The van der Waals surface area contributed by atoms with E-state index >= 15 is 0 Å². The van der Waals surface area contributed by atoms with Crippen molar-refractivity contribution in [2.75, 3.05) is 12.8 Å². The van der Waals surface area contributed by atoms with E-state index in [0.29, 0.717) is 21.8 Å². The fraction of sp³-hybridized carbons (Fsp3) is 0.174. The lowest BCUT2D eigenvalue weighted by Crippen LogP contribution is -2.39. The highest BCUT2D eigenvalue weighted by Gasteiger charge is 2.24. The van der Waals surface area contributed by atoms with E-state index in [1.807, 2.05) is 0 Å². The summed E-state index contributed by atoms with van der Waals surface area (Å²) in [5.41, 5.74) is 0.425. The number of para-hydroxylation sites is 1. The Kier molecular flexibility index (Phi) is 6.92. The molecule has 180 valence electrons. The maximum Gasteiger partial charge on any atom is 0.263 e. The molecule has 0 aliphatic rings. The van der Waals surface area contributed by atoms with Crippen molar-refractivity contribution < 1.29 is 18.4 Å². The molecule has 0 radical (unpaired) electrons. The van der Waals surface area contributed by atoms with Gasteiger partial charge in [0.1, 0.15) is 6.04 Å². The smallest absolute Gasteiger partial charge is 0.263 e. The molecule has 35 heavy (non-hydrogen) atoms. The fourth-order valence-corrected chi connectivity index (χ4v) is 4.34. The summed E-state index contributed by atoms with van der Waals surface area (Å²) in [4.78, 5) is 37.9. The second-order valence-corrected chi connectivity index (χ2v) is 8.36. The van der Waals surface area contributed by atoms with Gasteiger partial charge in [0.05, 0.1) is 16.7 Å². The van der Waals surface area contributed by atoms with Crippen molar-refractivity contribution in [1.29, 1.82) is 0 Å². The molecule has 0 bridgehead atoms. The van der Waals surface area contributed by atoms with Crippen molar-refractivity contribution >= 4 is 40.3 Å². The molecule has 4 aromatic rings. The highest BCUT2D eigenvalue weighted by molar-refractivity contribution is 7.99. The number of benzene rings is 2. The monoisotopic (exact) mass is 498 g/mol. The van der Waals surface area contributed by atoms with E-state index in [4.69, 9.17) is 0 Å². The van der Waals surface area contributed by atoms with Crippen LogP contribution in [0, 0.1) is 11.6 Å². The number of carbonyl (C=O) groups excluding carboxylic acids is 2. The van der Waals surface area contributed by atoms with E-state index in [2.05, 4.69) is 27.4 Å². The number of amides is 2. The summed E-state index contributed by atoms with van der Waals surface area (Å²) in [6.07, 6.45) is 1.57. The molecule has 0 fully saturated rings. The molecule has 2 amide bonds. The highest BCUT2D eigenvalue weighted by atomic mass is 32.2. The van der Waals surface area contributed by atoms with Crippen LogP contribution in [0.4, 0.5) is 8.78 Å². The first kappa shape index (κ1) is 24.1. The van der Waals surface area contributed by atoms with Gasteiger partial charge in [-0.1, -0.05) is 36.0 Å². The zero-order valence-corrected chi connectivity index (χ0v) is 19.3. The number of hydrogen-bond donors (Lipinski definition) is 2. The van der Waals surface area contributed by atoms with Crippen molar-refractivity contribution in [3.8, 4) is 0 Å². The Morgan fingerprint density at radius 3 is 2.66 bits per heavy atom. The van der Waals surface area contributed by atoms with Gasteiger partial charge in [-0.05, 0) is 29.8 Å². The first-order valence-corrected chi connectivity index (χ1v) is 11.4. The Balaban J connectivity index is 1.62.